The first-order chi connectivity index (χ1) is 13.1. The number of nitrogens with one attached hydrogen (secondary N) is 2. The fourth-order valence-corrected chi connectivity index (χ4v) is 3.55. The minimum atomic E-state index is -0.641. The van der Waals surface area contributed by atoms with E-state index in [1.165, 1.54) is 6.42 Å². The molecule has 0 aromatic heterocycles. The molecule has 1 aromatic carbocycles. The highest BCUT2D eigenvalue weighted by molar-refractivity contribution is 6.35. The predicted molar refractivity (Wildman–Crippen MR) is 99.4 cm³/mol. The number of rotatable bonds is 6. The van der Waals surface area contributed by atoms with E-state index in [1.54, 1.807) is 7.11 Å². The summed E-state index contributed by atoms with van der Waals surface area (Å²) in [5.41, 5.74) is 1.06. The van der Waals surface area contributed by atoms with E-state index in [2.05, 4.69) is 10.6 Å². The van der Waals surface area contributed by atoms with Crippen molar-refractivity contribution in [3.63, 3.8) is 0 Å². The lowest BCUT2D eigenvalue weighted by atomic mass is 9.94. The third-order valence-corrected chi connectivity index (χ3v) is 5.08. The second-order valence-corrected chi connectivity index (χ2v) is 7.09. The summed E-state index contributed by atoms with van der Waals surface area (Å²) in [6.07, 6.45) is 5.69. The van der Waals surface area contributed by atoms with Gasteiger partial charge in [0.25, 0.3) is 0 Å². The maximum atomic E-state index is 12.0. The summed E-state index contributed by atoms with van der Waals surface area (Å²) in [5, 5.41) is 5.28. The molecular formula is C20H28N2O5. The molecule has 0 unspecified atom stereocenters. The molecule has 2 fully saturated rings. The highest BCUT2D eigenvalue weighted by atomic mass is 16.7. The van der Waals surface area contributed by atoms with Crippen molar-refractivity contribution in [2.75, 3.05) is 26.8 Å². The third kappa shape index (κ3) is 5.43. The lowest BCUT2D eigenvalue weighted by Crippen LogP contribution is -2.44. The van der Waals surface area contributed by atoms with E-state index in [9.17, 15) is 9.59 Å². The Balaban J connectivity index is 1.33. The second kappa shape index (κ2) is 9.19. The Bertz CT molecular complexity index is 640. The van der Waals surface area contributed by atoms with E-state index in [4.69, 9.17) is 14.2 Å². The fraction of sp³-hybridized carbons (Fsp3) is 0.600. The number of carbonyl (C=O) groups is 2. The highest BCUT2D eigenvalue weighted by Gasteiger charge is 2.42. The summed E-state index contributed by atoms with van der Waals surface area (Å²) in [6.45, 7) is 1.14. The molecule has 1 aliphatic heterocycles. The Labute approximate surface area is 159 Å². The standard InChI is InChI=1S/C20H28N2O5/c1-25-16-7-5-15(6-8-16)9-12-21-18(23)19(24)22-13-17-14-26-20(27-17)10-3-2-4-11-20/h5-8,17H,2-4,9-14H2,1H3,(H,21,23)(H,22,24)/t17-/m0/s1. The van der Waals surface area contributed by atoms with Crippen molar-refractivity contribution >= 4 is 11.8 Å². The van der Waals surface area contributed by atoms with Crippen molar-refractivity contribution in [1.82, 2.24) is 10.6 Å². The van der Waals surface area contributed by atoms with Gasteiger partial charge in [-0.25, -0.2) is 0 Å². The number of methoxy groups -OCH3 is 1. The van der Waals surface area contributed by atoms with Crippen LogP contribution in [-0.4, -0.2) is 50.5 Å². The molecule has 0 bridgehead atoms. The molecule has 2 amide bonds. The molecule has 1 spiro atoms. The zero-order chi connectivity index (χ0) is 19.1. The number of benzene rings is 1. The van der Waals surface area contributed by atoms with Crippen molar-refractivity contribution in [3.05, 3.63) is 29.8 Å². The minimum Gasteiger partial charge on any atom is -0.497 e. The Hall–Kier alpha value is -2.12. The molecule has 1 saturated carbocycles. The SMILES string of the molecule is COc1ccc(CCNC(=O)C(=O)NC[C@H]2COC3(CCCCC3)O2)cc1. The van der Waals surface area contributed by atoms with Gasteiger partial charge in [-0.2, -0.15) is 0 Å². The zero-order valence-corrected chi connectivity index (χ0v) is 15.8. The van der Waals surface area contributed by atoms with Crippen LogP contribution in [0.2, 0.25) is 0 Å². The monoisotopic (exact) mass is 376 g/mol. The average molecular weight is 376 g/mol. The van der Waals surface area contributed by atoms with E-state index in [-0.39, 0.29) is 12.6 Å². The van der Waals surface area contributed by atoms with E-state index in [0.717, 1.165) is 37.0 Å². The second-order valence-electron chi connectivity index (χ2n) is 7.09. The summed E-state index contributed by atoms with van der Waals surface area (Å²) in [6, 6.07) is 7.60. The van der Waals surface area contributed by atoms with Gasteiger partial charge in [0.05, 0.1) is 13.7 Å². The number of hydrogen-bond donors (Lipinski definition) is 2. The van der Waals surface area contributed by atoms with Crippen LogP contribution in [0, 0.1) is 0 Å². The molecule has 1 atom stereocenters. The van der Waals surface area contributed by atoms with E-state index < -0.39 is 17.6 Å². The maximum absolute atomic E-state index is 12.0. The molecule has 1 aromatic rings. The van der Waals surface area contributed by atoms with Gasteiger partial charge in [0.2, 0.25) is 0 Å². The normalized spacial score (nSPS) is 21.0. The van der Waals surface area contributed by atoms with Crippen molar-refractivity contribution < 1.29 is 23.8 Å². The minimum absolute atomic E-state index is 0.195. The lowest BCUT2D eigenvalue weighted by molar-refractivity contribution is -0.186. The number of carbonyl (C=O) groups excluding carboxylic acids is 2. The molecule has 7 nitrogen and oxygen atoms in total. The molecular weight excluding hydrogens is 348 g/mol. The molecule has 1 saturated heterocycles. The van der Waals surface area contributed by atoms with E-state index >= 15 is 0 Å². The van der Waals surface area contributed by atoms with Crippen LogP contribution in [0.1, 0.15) is 37.7 Å². The largest absolute Gasteiger partial charge is 0.497 e. The summed E-state index contributed by atoms with van der Waals surface area (Å²) in [4.78, 5) is 23.9. The van der Waals surface area contributed by atoms with Gasteiger partial charge < -0.3 is 24.8 Å². The van der Waals surface area contributed by atoms with Gasteiger partial charge in [0.15, 0.2) is 5.79 Å². The summed E-state index contributed by atoms with van der Waals surface area (Å²) in [7, 11) is 1.62. The van der Waals surface area contributed by atoms with Gasteiger partial charge in [-0.3, -0.25) is 9.59 Å². The Kier molecular flexibility index (Phi) is 6.68. The van der Waals surface area contributed by atoms with Gasteiger partial charge in [-0.15, -0.1) is 0 Å². The Morgan fingerprint density at radius 3 is 2.52 bits per heavy atom. The number of hydrogen-bond acceptors (Lipinski definition) is 5. The van der Waals surface area contributed by atoms with E-state index in [0.29, 0.717) is 19.6 Å². The smallest absolute Gasteiger partial charge is 0.309 e. The summed E-state index contributed by atoms with van der Waals surface area (Å²) in [5.74, 6) is -0.947. The first-order valence-corrected chi connectivity index (χ1v) is 9.61. The molecule has 2 aliphatic rings. The van der Waals surface area contributed by atoms with Crippen molar-refractivity contribution in [1.29, 1.82) is 0 Å². The van der Waals surface area contributed by atoms with Crippen LogP contribution in [0.4, 0.5) is 0 Å². The van der Waals surface area contributed by atoms with Crippen LogP contribution >= 0.6 is 0 Å². The van der Waals surface area contributed by atoms with Crippen LogP contribution in [0.25, 0.3) is 0 Å². The van der Waals surface area contributed by atoms with Crippen molar-refractivity contribution in [3.8, 4) is 5.75 Å². The molecule has 148 valence electrons. The maximum Gasteiger partial charge on any atom is 0.309 e. The van der Waals surface area contributed by atoms with Crippen LogP contribution in [-0.2, 0) is 25.5 Å². The molecule has 0 radical (unpaired) electrons. The fourth-order valence-electron chi connectivity index (χ4n) is 3.55. The molecule has 27 heavy (non-hydrogen) atoms. The topological polar surface area (TPSA) is 85.9 Å². The van der Waals surface area contributed by atoms with Gasteiger partial charge in [-0.05, 0) is 37.0 Å². The summed E-state index contributed by atoms with van der Waals surface area (Å²) < 4.78 is 16.9. The summed E-state index contributed by atoms with van der Waals surface area (Å²) >= 11 is 0. The quantitative estimate of drug-likeness (QED) is 0.736. The van der Waals surface area contributed by atoms with Crippen molar-refractivity contribution in [2.45, 2.75) is 50.4 Å². The van der Waals surface area contributed by atoms with Gasteiger partial charge in [0.1, 0.15) is 11.9 Å². The predicted octanol–water partition coefficient (Wildman–Crippen LogP) is 1.55. The third-order valence-electron chi connectivity index (χ3n) is 5.08. The molecule has 3 rings (SSSR count). The van der Waals surface area contributed by atoms with E-state index in [1.807, 2.05) is 24.3 Å². The van der Waals surface area contributed by atoms with Crippen LogP contribution in [0.5, 0.6) is 5.75 Å². The number of amides is 2. The average Bonchev–Trinajstić information content (AvgIpc) is 3.09. The molecule has 2 N–H and O–H groups in total. The van der Waals surface area contributed by atoms with Crippen LogP contribution in [0.3, 0.4) is 0 Å². The molecule has 7 heteroatoms. The van der Waals surface area contributed by atoms with Gasteiger partial charge in [-0.1, -0.05) is 18.6 Å². The molecule has 1 aliphatic carbocycles. The lowest BCUT2D eigenvalue weighted by Gasteiger charge is -2.31. The van der Waals surface area contributed by atoms with Gasteiger partial charge in [0, 0.05) is 25.9 Å². The van der Waals surface area contributed by atoms with Gasteiger partial charge >= 0.3 is 11.8 Å². The Morgan fingerprint density at radius 2 is 1.81 bits per heavy atom. The van der Waals surface area contributed by atoms with Crippen molar-refractivity contribution in [2.24, 2.45) is 0 Å². The first-order valence-electron chi connectivity index (χ1n) is 9.61. The number of ether oxygens (including phenoxy) is 3. The van der Waals surface area contributed by atoms with Crippen LogP contribution < -0.4 is 15.4 Å². The zero-order valence-electron chi connectivity index (χ0n) is 15.8. The first kappa shape index (κ1) is 19.6. The highest BCUT2D eigenvalue weighted by Crippen LogP contribution is 2.37. The Morgan fingerprint density at radius 1 is 1.11 bits per heavy atom. The molecule has 1 heterocycles. The van der Waals surface area contributed by atoms with Crippen LogP contribution in [0.15, 0.2) is 24.3 Å².